The lowest BCUT2D eigenvalue weighted by Crippen LogP contribution is -2.57. The van der Waals surface area contributed by atoms with Crippen molar-refractivity contribution in [2.75, 3.05) is 13.1 Å². The highest BCUT2D eigenvalue weighted by molar-refractivity contribution is 5.95. The predicted octanol–water partition coefficient (Wildman–Crippen LogP) is -3.83. The Hall–Kier alpha value is -4.21. The average molecular weight is 523 g/mol. The molecule has 0 bridgehead atoms. The molecule has 37 heavy (non-hydrogen) atoms. The number of amides is 4. The normalized spacial score (nSPS) is 17.1. The zero-order valence-corrected chi connectivity index (χ0v) is 20.2. The van der Waals surface area contributed by atoms with Gasteiger partial charge in [0.2, 0.25) is 23.6 Å². The van der Waals surface area contributed by atoms with E-state index in [-0.39, 0.29) is 31.3 Å². The average Bonchev–Trinajstić information content (AvgIpc) is 3.54. The number of carboxylic acid groups (broad SMARTS) is 1. The van der Waals surface area contributed by atoms with Crippen LogP contribution in [-0.4, -0.2) is 87.9 Å². The lowest BCUT2D eigenvalue weighted by molar-refractivity contribution is -0.143. The Labute approximate surface area is 212 Å². The van der Waals surface area contributed by atoms with Crippen LogP contribution in [-0.2, 0) is 30.4 Å². The molecule has 16 nitrogen and oxygen atoms in total. The van der Waals surface area contributed by atoms with Crippen molar-refractivity contribution >= 4 is 35.6 Å². The summed E-state index contributed by atoms with van der Waals surface area (Å²) in [6.07, 6.45) is 4.07. The van der Waals surface area contributed by atoms with Gasteiger partial charge in [-0.05, 0) is 32.2 Å². The van der Waals surface area contributed by atoms with Gasteiger partial charge in [0.25, 0.3) is 0 Å². The van der Waals surface area contributed by atoms with E-state index >= 15 is 0 Å². The van der Waals surface area contributed by atoms with E-state index in [2.05, 4.69) is 36.2 Å². The molecular formula is C21H34N10O6. The molecule has 4 amide bonds. The minimum Gasteiger partial charge on any atom is -0.480 e. The van der Waals surface area contributed by atoms with Gasteiger partial charge in [-0.3, -0.25) is 24.2 Å². The highest BCUT2D eigenvalue weighted by atomic mass is 16.4. The van der Waals surface area contributed by atoms with Crippen LogP contribution in [0, 0.1) is 0 Å². The van der Waals surface area contributed by atoms with Gasteiger partial charge in [0.15, 0.2) is 5.96 Å². The molecule has 12 N–H and O–H groups in total. The minimum atomic E-state index is -1.59. The number of aliphatic imine (C=N–C) groups is 1. The van der Waals surface area contributed by atoms with Crippen molar-refractivity contribution in [1.29, 1.82) is 0 Å². The number of primary amides is 1. The fourth-order valence-corrected chi connectivity index (χ4v) is 3.72. The van der Waals surface area contributed by atoms with Crippen LogP contribution < -0.4 is 38.5 Å². The quantitative estimate of drug-likeness (QED) is 0.0614. The topological polar surface area (TPSA) is 273 Å². The highest BCUT2D eigenvalue weighted by Crippen LogP contribution is 2.08. The van der Waals surface area contributed by atoms with Crippen molar-refractivity contribution in [3.8, 4) is 0 Å². The van der Waals surface area contributed by atoms with Crippen LogP contribution in [0.25, 0.3) is 0 Å². The Balaban J connectivity index is 2.17. The van der Waals surface area contributed by atoms with Gasteiger partial charge in [0.1, 0.15) is 18.1 Å². The van der Waals surface area contributed by atoms with Gasteiger partial charge in [-0.2, -0.15) is 0 Å². The molecule has 0 aliphatic carbocycles. The number of carbonyl (C=O) groups is 5. The Morgan fingerprint density at radius 3 is 2.35 bits per heavy atom. The molecule has 2 heterocycles. The first-order valence-corrected chi connectivity index (χ1v) is 11.7. The molecule has 1 saturated heterocycles. The summed E-state index contributed by atoms with van der Waals surface area (Å²) in [5, 5.41) is 19.9. The first-order valence-electron chi connectivity index (χ1n) is 11.7. The third-order valence-corrected chi connectivity index (χ3v) is 5.59. The van der Waals surface area contributed by atoms with Gasteiger partial charge in [-0.15, -0.1) is 0 Å². The number of H-pyrrole nitrogens is 1. The number of imidazole rings is 1. The van der Waals surface area contributed by atoms with Gasteiger partial charge in [0.05, 0.1) is 18.8 Å². The van der Waals surface area contributed by atoms with Crippen LogP contribution in [0.1, 0.15) is 37.8 Å². The van der Waals surface area contributed by atoms with E-state index < -0.39 is 54.3 Å². The summed E-state index contributed by atoms with van der Waals surface area (Å²) in [5.41, 5.74) is 16.2. The minimum absolute atomic E-state index is 0.0701. The van der Waals surface area contributed by atoms with Crippen molar-refractivity contribution in [2.24, 2.45) is 22.2 Å². The molecule has 0 radical (unpaired) electrons. The summed E-state index contributed by atoms with van der Waals surface area (Å²) in [6, 6.07) is -4.32. The molecule has 1 aromatic rings. The number of carbonyl (C=O) groups excluding carboxylic acids is 4. The fraction of sp³-hybridized carbons (Fsp3) is 0.571. The van der Waals surface area contributed by atoms with Crippen LogP contribution in [0.4, 0.5) is 0 Å². The third-order valence-electron chi connectivity index (χ3n) is 5.59. The first-order chi connectivity index (χ1) is 17.6. The summed E-state index contributed by atoms with van der Waals surface area (Å²) >= 11 is 0. The SMILES string of the molecule is NC(=O)CC(NC(=O)C(Cc1cnc[nH]1)NC(=O)C(CCCN=C(N)N)NC(=O)C1CCCN1)C(=O)O. The molecule has 204 valence electrons. The van der Waals surface area contributed by atoms with Crippen LogP contribution in [0.5, 0.6) is 0 Å². The van der Waals surface area contributed by atoms with Crippen molar-refractivity contribution in [2.45, 2.75) is 62.7 Å². The zero-order valence-electron chi connectivity index (χ0n) is 20.2. The zero-order chi connectivity index (χ0) is 27.4. The van der Waals surface area contributed by atoms with Crippen molar-refractivity contribution in [1.82, 2.24) is 31.2 Å². The summed E-state index contributed by atoms with van der Waals surface area (Å²) in [6.45, 7) is 0.900. The fourth-order valence-electron chi connectivity index (χ4n) is 3.72. The summed E-state index contributed by atoms with van der Waals surface area (Å²) in [7, 11) is 0. The Bertz CT molecular complexity index is 972. The van der Waals surface area contributed by atoms with E-state index in [0.29, 0.717) is 25.1 Å². The maximum Gasteiger partial charge on any atom is 0.326 e. The van der Waals surface area contributed by atoms with Crippen molar-refractivity contribution in [3.05, 3.63) is 18.2 Å². The number of aromatic nitrogens is 2. The van der Waals surface area contributed by atoms with Gasteiger partial charge in [-0.25, -0.2) is 9.78 Å². The lowest BCUT2D eigenvalue weighted by atomic mass is 10.1. The second kappa shape index (κ2) is 14.4. The molecule has 2 rings (SSSR count). The number of nitrogens with zero attached hydrogens (tertiary/aromatic N) is 2. The molecule has 1 fully saturated rings. The maximum absolute atomic E-state index is 13.2. The monoisotopic (exact) mass is 522 g/mol. The van der Waals surface area contributed by atoms with E-state index in [1.807, 2.05) is 0 Å². The van der Waals surface area contributed by atoms with Crippen LogP contribution in [0.3, 0.4) is 0 Å². The van der Waals surface area contributed by atoms with Gasteiger partial charge in [-0.1, -0.05) is 0 Å². The number of guanidine groups is 1. The number of hydrogen-bond donors (Lipinski definition) is 9. The van der Waals surface area contributed by atoms with Gasteiger partial charge < -0.3 is 48.6 Å². The number of nitrogens with two attached hydrogens (primary N) is 3. The summed E-state index contributed by atoms with van der Waals surface area (Å²) in [4.78, 5) is 72.1. The molecule has 1 aromatic heterocycles. The number of nitrogens with one attached hydrogen (secondary N) is 5. The Morgan fingerprint density at radius 1 is 1.08 bits per heavy atom. The van der Waals surface area contributed by atoms with Crippen molar-refractivity contribution in [3.63, 3.8) is 0 Å². The second-order valence-electron chi connectivity index (χ2n) is 8.57. The number of aliphatic carboxylic acids is 1. The molecule has 1 aliphatic heterocycles. The molecule has 0 saturated carbocycles. The Kier molecular flexibility index (Phi) is 11.3. The van der Waals surface area contributed by atoms with Crippen LogP contribution >= 0.6 is 0 Å². The Morgan fingerprint density at radius 2 is 1.78 bits per heavy atom. The van der Waals surface area contributed by atoms with Crippen LogP contribution in [0.15, 0.2) is 17.5 Å². The third kappa shape index (κ3) is 10.1. The largest absolute Gasteiger partial charge is 0.480 e. The highest BCUT2D eigenvalue weighted by Gasteiger charge is 2.32. The second-order valence-corrected chi connectivity index (χ2v) is 8.57. The number of carboxylic acids is 1. The molecular weight excluding hydrogens is 488 g/mol. The standard InChI is InChI=1S/C21H34N10O6/c22-16(32)8-15(20(36)37)31-19(35)14(7-11-9-25-10-28-11)30-18(34)13(4-2-6-27-21(23)24)29-17(33)12-3-1-5-26-12/h9-10,12-15,26H,1-8H2,(H2,22,32)(H,25,28)(H,29,33)(H,30,34)(H,31,35)(H,36,37)(H4,23,24,27). The van der Waals surface area contributed by atoms with E-state index in [1.165, 1.54) is 12.5 Å². The molecule has 4 atom stereocenters. The molecule has 0 aromatic carbocycles. The maximum atomic E-state index is 13.2. The van der Waals surface area contributed by atoms with E-state index in [1.54, 1.807) is 0 Å². The number of aromatic amines is 1. The summed E-state index contributed by atoms with van der Waals surface area (Å²) in [5.74, 6) is -4.39. The molecule has 0 spiro atoms. The summed E-state index contributed by atoms with van der Waals surface area (Å²) < 4.78 is 0. The molecule has 4 unspecified atom stereocenters. The van der Waals surface area contributed by atoms with Crippen molar-refractivity contribution < 1.29 is 29.1 Å². The van der Waals surface area contributed by atoms with Crippen LogP contribution in [0.2, 0.25) is 0 Å². The molecule has 16 heteroatoms. The van der Waals surface area contributed by atoms with E-state index in [9.17, 15) is 29.1 Å². The van der Waals surface area contributed by atoms with E-state index in [0.717, 1.165) is 6.42 Å². The predicted molar refractivity (Wildman–Crippen MR) is 130 cm³/mol. The lowest BCUT2D eigenvalue weighted by Gasteiger charge is -2.25. The smallest absolute Gasteiger partial charge is 0.326 e. The van der Waals surface area contributed by atoms with Gasteiger partial charge >= 0.3 is 5.97 Å². The number of rotatable bonds is 15. The number of hydrogen-bond acceptors (Lipinski definition) is 8. The first kappa shape index (κ1) is 29.0. The van der Waals surface area contributed by atoms with E-state index in [4.69, 9.17) is 17.2 Å². The molecule has 1 aliphatic rings. The van der Waals surface area contributed by atoms with Gasteiger partial charge in [0, 0.05) is 24.9 Å².